The van der Waals surface area contributed by atoms with Crippen LogP contribution in [0.4, 0.5) is 5.69 Å². The van der Waals surface area contributed by atoms with Crippen molar-refractivity contribution in [1.82, 2.24) is 0 Å². The molecule has 3 aromatic carbocycles. The first-order valence-electron chi connectivity index (χ1n) is 10.3. The van der Waals surface area contributed by atoms with E-state index in [1.54, 1.807) is 31.2 Å². The molecule has 3 aromatic rings. The summed E-state index contributed by atoms with van der Waals surface area (Å²) in [6, 6.07) is 18.2. The largest absolute Gasteiger partial charge is 0.490 e. The van der Waals surface area contributed by atoms with Crippen LogP contribution in [0.3, 0.4) is 0 Å². The maximum atomic E-state index is 12.8. The van der Waals surface area contributed by atoms with E-state index in [4.69, 9.17) is 32.7 Å². The first-order valence-corrected chi connectivity index (χ1v) is 12.2. The molecule has 3 rings (SSSR count). The third-order valence-electron chi connectivity index (χ3n) is 4.85. The molecule has 0 aliphatic carbocycles. The molecule has 0 aliphatic rings. The van der Waals surface area contributed by atoms with Gasteiger partial charge in [-0.1, -0.05) is 47.5 Å². The highest BCUT2D eigenvalue weighted by molar-refractivity contribution is 14.1. The number of nitrogens with zero attached hydrogens (tertiary/aromatic N) is 1. The van der Waals surface area contributed by atoms with E-state index in [0.717, 1.165) is 14.7 Å². The molecule has 0 saturated carbocycles. The summed E-state index contributed by atoms with van der Waals surface area (Å²) in [5.74, 6) is 0.549. The molecule has 0 saturated heterocycles. The Balaban J connectivity index is 1.87. The van der Waals surface area contributed by atoms with Crippen LogP contribution in [-0.4, -0.2) is 12.5 Å². The molecule has 0 radical (unpaired) electrons. The lowest BCUT2D eigenvalue weighted by Crippen LogP contribution is -2.14. The normalized spacial score (nSPS) is 11.0. The fraction of sp³-hybridized carbons (Fsp3) is 0.154. The Morgan fingerprint density at radius 1 is 1.12 bits per heavy atom. The fourth-order valence-electron chi connectivity index (χ4n) is 3.09. The first-order chi connectivity index (χ1) is 16.3. The maximum absolute atomic E-state index is 12.8. The Morgan fingerprint density at radius 2 is 1.85 bits per heavy atom. The average molecular weight is 607 g/mol. The summed E-state index contributed by atoms with van der Waals surface area (Å²) >= 11 is 14.5. The zero-order chi connectivity index (χ0) is 24.7. The van der Waals surface area contributed by atoms with E-state index in [2.05, 4.69) is 27.9 Å². The van der Waals surface area contributed by atoms with Gasteiger partial charge < -0.3 is 14.8 Å². The lowest BCUT2D eigenvalue weighted by atomic mass is 10.1. The molecule has 174 valence electrons. The van der Waals surface area contributed by atoms with Crippen molar-refractivity contribution in [3.63, 3.8) is 0 Å². The van der Waals surface area contributed by atoms with E-state index in [1.807, 2.05) is 43.3 Å². The second-order valence-electron chi connectivity index (χ2n) is 7.18. The van der Waals surface area contributed by atoms with Crippen LogP contribution in [0.5, 0.6) is 11.5 Å². The second kappa shape index (κ2) is 12.1. The van der Waals surface area contributed by atoms with Crippen molar-refractivity contribution >= 4 is 63.5 Å². The molecule has 0 fully saturated rings. The fourth-order valence-corrected chi connectivity index (χ4v) is 4.23. The van der Waals surface area contributed by atoms with Gasteiger partial charge in [-0.15, -0.1) is 0 Å². The standard InChI is InChI=1S/C26H21Cl2IN2O3/c1-3-33-24-13-17(12-22(29)25(24)34-15-18-7-4-5-8-21(18)28)11-19(14-30)26(32)31-23-10-6-9-20(27)16(23)2/h4-13H,3,15H2,1-2H3,(H,31,32)/b19-11+. The molecule has 1 amide bonds. The Hall–Kier alpha value is -2.73. The van der Waals surface area contributed by atoms with E-state index >= 15 is 0 Å². The molecule has 0 heterocycles. The van der Waals surface area contributed by atoms with Crippen LogP contribution >= 0.6 is 45.8 Å². The third kappa shape index (κ3) is 6.44. The van der Waals surface area contributed by atoms with Crippen molar-refractivity contribution in [1.29, 1.82) is 5.26 Å². The van der Waals surface area contributed by atoms with Gasteiger partial charge in [0.25, 0.3) is 5.91 Å². The minimum atomic E-state index is -0.528. The average Bonchev–Trinajstić information content (AvgIpc) is 2.81. The number of rotatable bonds is 8. The number of hydrogen-bond acceptors (Lipinski definition) is 4. The summed E-state index contributed by atoms with van der Waals surface area (Å²) in [4.78, 5) is 12.8. The van der Waals surface area contributed by atoms with Gasteiger partial charge >= 0.3 is 0 Å². The molecular weight excluding hydrogens is 586 g/mol. The Morgan fingerprint density at radius 3 is 2.56 bits per heavy atom. The second-order valence-corrected chi connectivity index (χ2v) is 9.16. The lowest BCUT2D eigenvalue weighted by molar-refractivity contribution is -0.112. The van der Waals surface area contributed by atoms with Crippen LogP contribution in [0.1, 0.15) is 23.6 Å². The number of nitrogens with one attached hydrogen (secondary N) is 1. The predicted molar refractivity (Wildman–Crippen MR) is 145 cm³/mol. The Labute approximate surface area is 222 Å². The van der Waals surface area contributed by atoms with E-state index < -0.39 is 5.91 Å². The summed E-state index contributed by atoms with van der Waals surface area (Å²) in [7, 11) is 0. The molecule has 0 unspecified atom stereocenters. The van der Waals surface area contributed by atoms with Gasteiger partial charge in [-0.3, -0.25) is 4.79 Å². The Kier molecular flexibility index (Phi) is 9.22. The number of amides is 1. The monoisotopic (exact) mass is 606 g/mol. The van der Waals surface area contributed by atoms with Crippen molar-refractivity contribution in [3.8, 4) is 17.6 Å². The van der Waals surface area contributed by atoms with Gasteiger partial charge in [0.2, 0.25) is 0 Å². The van der Waals surface area contributed by atoms with E-state index in [0.29, 0.717) is 39.4 Å². The molecule has 0 bridgehead atoms. The Bertz CT molecular complexity index is 1290. The smallest absolute Gasteiger partial charge is 0.266 e. The van der Waals surface area contributed by atoms with Gasteiger partial charge in [-0.2, -0.15) is 5.26 Å². The molecule has 0 spiro atoms. The summed E-state index contributed by atoms with van der Waals surface area (Å²) in [5.41, 5.74) is 2.70. The predicted octanol–water partition coefficient (Wildman–Crippen LogP) is 7.43. The van der Waals surface area contributed by atoms with E-state index in [1.165, 1.54) is 6.08 Å². The van der Waals surface area contributed by atoms with Crippen molar-refractivity contribution in [2.75, 3.05) is 11.9 Å². The number of hydrogen-bond donors (Lipinski definition) is 1. The summed E-state index contributed by atoms with van der Waals surface area (Å²) in [6.45, 7) is 4.36. The highest BCUT2D eigenvalue weighted by atomic mass is 127. The van der Waals surface area contributed by atoms with Gasteiger partial charge in [-0.05, 0) is 84.0 Å². The highest BCUT2D eigenvalue weighted by Gasteiger charge is 2.16. The number of carbonyl (C=O) groups is 1. The number of anilines is 1. The molecule has 5 nitrogen and oxygen atoms in total. The summed E-state index contributed by atoms with van der Waals surface area (Å²) < 4.78 is 12.6. The van der Waals surface area contributed by atoms with Crippen molar-refractivity contribution in [3.05, 3.63) is 90.5 Å². The minimum Gasteiger partial charge on any atom is -0.490 e. The third-order valence-corrected chi connectivity index (χ3v) is 6.43. The van der Waals surface area contributed by atoms with Crippen LogP contribution in [0.25, 0.3) is 6.08 Å². The SMILES string of the molecule is CCOc1cc(/C=C(\C#N)C(=O)Nc2cccc(Cl)c2C)cc(I)c1OCc1ccccc1Cl. The van der Waals surface area contributed by atoms with Crippen LogP contribution in [0.2, 0.25) is 10.0 Å². The van der Waals surface area contributed by atoms with Gasteiger partial charge in [0.15, 0.2) is 11.5 Å². The summed E-state index contributed by atoms with van der Waals surface area (Å²) in [5, 5.41) is 13.5. The molecule has 8 heteroatoms. The molecule has 34 heavy (non-hydrogen) atoms. The van der Waals surface area contributed by atoms with Gasteiger partial charge in [0, 0.05) is 21.3 Å². The van der Waals surface area contributed by atoms with E-state index in [9.17, 15) is 10.1 Å². The molecular formula is C26H21Cl2IN2O3. The van der Waals surface area contributed by atoms with Crippen molar-refractivity contribution in [2.45, 2.75) is 20.5 Å². The number of benzene rings is 3. The minimum absolute atomic E-state index is 0.0534. The molecule has 1 N–H and O–H groups in total. The number of carbonyl (C=O) groups excluding carboxylic acids is 1. The van der Waals surface area contributed by atoms with Crippen LogP contribution in [-0.2, 0) is 11.4 Å². The molecule has 0 aromatic heterocycles. The number of halogens is 3. The van der Waals surface area contributed by atoms with Gasteiger partial charge in [0.05, 0.1) is 10.2 Å². The topological polar surface area (TPSA) is 71.3 Å². The van der Waals surface area contributed by atoms with Gasteiger partial charge in [0.1, 0.15) is 18.2 Å². The first kappa shape index (κ1) is 25.9. The van der Waals surface area contributed by atoms with Crippen LogP contribution in [0.15, 0.2) is 60.2 Å². The quantitative estimate of drug-likeness (QED) is 0.164. The van der Waals surface area contributed by atoms with Crippen molar-refractivity contribution in [2.24, 2.45) is 0 Å². The highest BCUT2D eigenvalue weighted by Crippen LogP contribution is 2.36. The molecule has 0 aliphatic heterocycles. The lowest BCUT2D eigenvalue weighted by Gasteiger charge is -2.15. The van der Waals surface area contributed by atoms with Crippen LogP contribution < -0.4 is 14.8 Å². The summed E-state index contributed by atoms with van der Waals surface area (Å²) in [6.07, 6.45) is 1.51. The number of nitriles is 1. The molecule has 0 atom stereocenters. The van der Waals surface area contributed by atoms with E-state index in [-0.39, 0.29) is 12.2 Å². The van der Waals surface area contributed by atoms with Crippen LogP contribution in [0, 0.1) is 21.8 Å². The zero-order valence-corrected chi connectivity index (χ0v) is 22.2. The number of ether oxygens (including phenoxy) is 2. The van der Waals surface area contributed by atoms with Gasteiger partial charge in [-0.25, -0.2) is 0 Å². The zero-order valence-electron chi connectivity index (χ0n) is 18.5. The van der Waals surface area contributed by atoms with Crippen molar-refractivity contribution < 1.29 is 14.3 Å². The maximum Gasteiger partial charge on any atom is 0.266 e.